The molecule has 0 atom stereocenters. The molecule has 0 saturated heterocycles. The number of hydrogen-bond acceptors (Lipinski definition) is 3. The zero-order chi connectivity index (χ0) is 16.2. The number of ether oxygens (including phenoxy) is 1. The topological polar surface area (TPSA) is 67.4 Å². The van der Waals surface area contributed by atoms with Crippen molar-refractivity contribution in [3.8, 4) is 5.75 Å². The van der Waals surface area contributed by atoms with Gasteiger partial charge in [0.2, 0.25) is 0 Å². The lowest BCUT2D eigenvalue weighted by Crippen LogP contribution is -2.35. The van der Waals surface area contributed by atoms with Crippen LogP contribution in [0.15, 0.2) is 36.9 Å². The molecule has 0 spiro atoms. The highest BCUT2D eigenvalue weighted by Crippen LogP contribution is 2.15. The van der Waals surface area contributed by atoms with E-state index in [1.807, 2.05) is 0 Å². The first-order chi connectivity index (χ1) is 10.7. The molecule has 0 fully saturated rings. The second-order valence-corrected chi connectivity index (χ2v) is 4.89. The van der Waals surface area contributed by atoms with E-state index >= 15 is 0 Å². The Morgan fingerprint density at radius 3 is 2.50 bits per heavy atom. The van der Waals surface area contributed by atoms with Crippen molar-refractivity contribution in [1.29, 1.82) is 0 Å². The van der Waals surface area contributed by atoms with Gasteiger partial charge >= 0.3 is 11.8 Å². The van der Waals surface area contributed by atoms with Crippen molar-refractivity contribution >= 4 is 17.5 Å². The van der Waals surface area contributed by atoms with Crippen LogP contribution in [-0.4, -0.2) is 25.0 Å². The normalized spacial score (nSPS) is 9.86. The van der Waals surface area contributed by atoms with Gasteiger partial charge < -0.3 is 15.4 Å². The van der Waals surface area contributed by atoms with Gasteiger partial charge in [-0.1, -0.05) is 38.8 Å². The fraction of sp³-hybridized carbons (Fsp3) is 0.412. The Labute approximate surface area is 131 Å². The summed E-state index contributed by atoms with van der Waals surface area (Å²) in [6, 6.07) is 6.82. The molecule has 2 amide bonds. The number of carbonyl (C=O) groups is 2. The van der Waals surface area contributed by atoms with Crippen LogP contribution in [-0.2, 0) is 9.59 Å². The molecule has 0 radical (unpaired) electrons. The SMILES string of the molecule is C=CCOc1ccc(NC(=O)C(=O)NCCCCCC)cc1. The number of nitrogens with one attached hydrogen (secondary N) is 2. The monoisotopic (exact) mass is 304 g/mol. The third kappa shape index (κ3) is 6.92. The molecule has 0 aliphatic heterocycles. The highest BCUT2D eigenvalue weighted by atomic mass is 16.5. The molecule has 1 aromatic rings. The Kier molecular flexibility index (Phi) is 8.42. The van der Waals surface area contributed by atoms with Gasteiger partial charge in [0.15, 0.2) is 0 Å². The molecule has 0 heterocycles. The van der Waals surface area contributed by atoms with E-state index in [-0.39, 0.29) is 0 Å². The molecule has 0 aliphatic rings. The molecule has 1 aromatic carbocycles. The van der Waals surface area contributed by atoms with E-state index in [1.54, 1.807) is 30.3 Å². The summed E-state index contributed by atoms with van der Waals surface area (Å²) in [5, 5.41) is 5.16. The van der Waals surface area contributed by atoms with E-state index in [0.717, 1.165) is 25.7 Å². The summed E-state index contributed by atoms with van der Waals surface area (Å²) >= 11 is 0. The maximum atomic E-state index is 11.7. The Hall–Kier alpha value is -2.30. The lowest BCUT2D eigenvalue weighted by molar-refractivity contribution is -0.136. The van der Waals surface area contributed by atoms with Gasteiger partial charge in [-0.2, -0.15) is 0 Å². The summed E-state index contributed by atoms with van der Waals surface area (Å²) < 4.78 is 5.34. The quantitative estimate of drug-likeness (QED) is 0.419. The minimum Gasteiger partial charge on any atom is -0.490 e. The number of anilines is 1. The van der Waals surface area contributed by atoms with Gasteiger partial charge in [-0.25, -0.2) is 0 Å². The minimum absolute atomic E-state index is 0.423. The van der Waals surface area contributed by atoms with Crippen LogP contribution < -0.4 is 15.4 Å². The molecule has 1 rings (SSSR count). The highest BCUT2D eigenvalue weighted by Gasteiger charge is 2.12. The number of amides is 2. The molecule has 0 aromatic heterocycles. The first-order valence-electron chi connectivity index (χ1n) is 7.60. The first-order valence-corrected chi connectivity index (χ1v) is 7.60. The number of rotatable bonds is 9. The molecule has 2 N–H and O–H groups in total. The zero-order valence-electron chi connectivity index (χ0n) is 13.1. The summed E-state index contributed by atoms with van der Waals surface area (Å²) in [6.45, 7) is 6.64. The third-order valence-corrected chi connectivity index (χ3v) is 3.00. The van der Waals surface area contributed by atoms with E-state index in [2.05, 4.69) is 24.1 Å². The minimum atomic E-state index is -0.657. The number of unbranched alkanes of at least 4 members (excludes halogenated alkanes) is 3. The lowest BCUT2D eigenvalue weighted by Gasteiger charge is -2.07. The van der Waals surface area contributed by atoms with Crippen molar-refractivity contribution in [1.82, 2.24) is 5.32 Å². The van der Waals surface area contributed by atoms with Crippen molar-refractivity contribution in [2.24, 2.45) is 0 Å². The average molecular weight is 304 g/mol. The van der Waals surface area contributed by atoms with Crippen LogP contribution in [0.25, 0.3) is 0 Å². The first kappa shape index (κ1) is 17.8. The number of hydrogen-bond donors (Lipinski definition) is 2. The van der Waals surface area contributed by atoms with Gasteiger partial charge in [0.1, 0.15) is 12.4 Å². The predicted octanol–water partition coefficient (Wildman–Crippen LogP) is 2.89. The van der Waals surface area contributed by atoms with Gasteiger partial charge in [0.05, 0.1) is 0 Å². The Morgan fingerprint density at radius 1 is 1.14 bits per heavy atom. The molecule has 0 aliphatic carbocycles. The predicted molar refractivity (Wildman–Crippen MR) is 87.9 cm³/mol. The van der Waals surface area contributed by atoms with Gasteiger partial charge in [-0.05, 0) is 30.7 Å². The van der Waals surface area contributed by atoms with E-state index in [1.165, 1.54) is 0 Å². The number of benzene rings is 1. The largest absolute Gasteiger partial charge is 0.490 e. The molecule has 5 heteroatoms. The van der Waals surface area contributed by atoms with Crippen molar-refractivity contribution in [2.75, 3.05) is 18.5 Å². The Bertz CT molecular complexity index is 483. The molecular weight excluding hydrogens is 280 g/mol. The summed E-state index contributed by atoms with van der Waals surface area (Å²) in [7, 11) is 0. The van der Waals surface area contributed by atoms with Crippen molar-refractivity contribution in [3.63, 3.8) is 0 Å². The summed E-state index contributed by atoms with van der Waals surface area (Å²) in [4.78, 5) is 23.4. The average Bonchev–Trinajstić information content (AvgIpc) is 2.53. The molecule has 0 bridgehead atoms. The van der Waals surface area contributed by atoms with Crippen LogP contribution in [0.1, 0.15) is 32.6 Å². The maximum Gasteiger partial charge on any atom is 0.313 e. The van der Waals surface area contributed by atoms with Gasteiger partial charge in [-0.3, -0.25) is 9.59 Å². The summed E-state index contributed by atoms with van der Waals surface area (Å²) in [6.07, 6.45) is 5.89. The van der Waals surface area contributed by atoms with Gasteiger partial charge in [0.25, 0.3) is 0 Å². The van der Waals surface area contributed by atoms with Crippen LogP contribution in [0, 0.1) is 0 Å². The van der Waals surface area contributed by atoms with Crippen LogP contribution in [0.2, 0.25) is 0 Å². The van der Waals surface area contributed by atoms with Crippen molar-refractivity contribution in [3.05, 3.63) is 36.9 Å². The van der Waals surface area contributed by atoms with Crippen LogP contribution in [0.3, 0.4) is 0 Å². The highest BCUT2D eigenvalue weighted by molar-refractivity contribution is 6.39. The molecule has 120 valence electrons. The van der Waals surface area contributed by atoms with Crippen LogP contribution in [0.5, 0.6) is 5.75 Å². The second kappa shape index (κ2) is 10.4. The zero-order valence-corrected chi connectivity index (χ0v) is 13.1. The van der Waals surface area contributed by atoms with Crippen molar-refractivity contribution < 1.29 is 14.3 Å². The third-order valence-electron chi connectivity index (χ3n) is 3.00. The molecular formula is C17H24N2O3. The summed E-state index contributed by atoms with van der Waals surface area (Å²) in [5.74, 6) is -0.586. The lowest BCUT2D eigenvalue weighted by atomic mass is 10.2. The van der Waals surface area contributed by atoms with Gasteiger partial charge in [-0.15, -0.1) is 0 Å². The molecule has 5 nitrogen and oxygen atoms in total. The summed E-state index contributed by atoms with van der Waals surface area (Å²) in [5.41, 5.74) is 0.553. The Morgan fingerprint density at radius 2 is 1.86 bits per heavy atom. The fourth-order valence-corrected chi connectivity index (χ4v) is 1.81. The standard InChI is InChI=1S/C17H24N2O3/c1-3-5-6-7-12-18-16(20)17(21)19-14-8-10-15(11-9-14)22-13-4-2/h4,8-11H,2-3,5-7,12-13H2,1H3,(H,18,20)(H,19,21). The smallest absolute Gasteiger partial charge is 0.313 e. The van der Waals surface area contributed by atoms with Gasteiger partial charge in [0, 0.05) is 12.2 Å². The fourth-order valence-electron chi connectivity index (χ4n) is 1.81. The molecule has 0 unspecified atom stereocenters. The molecule has 22 heavy (non-hydrogen) atoms. The maximum absolute atomic E-state index is 11.7. The van der Waals surface area contributed by atoms with E-state index in [0.29, 0.717) is 24.6 Å². The Balaban J connectivity index is 2.34. The van der Waals surface area contributed by atoms with Crippen LogP contribution in [0.4, 0.5) is 5.69 Å². The second-order valence-electron chi connectivity index (χ2n) is 4.89. The molecule has 0 saturated carbocycles. The van der Waals surface area contributed by atoms with E-state index < -0.39 is 11.8 Å². The van der Waals surface area contributed by atoms with E-state index in [9.17, 15) is 9.59 Å². The van der Waals surface area contributed by atoms with E-state index in [4.69, 9.17) is 4.74 Å². The van der Waals surface area contributed by atoms with Crippen LogP contribution >= 0.6 is 0 Å². The van der Waals surface area contributed by atoms with Crippen molar-refractivity contribution in [2.45, 2.75) is 32.6 Å². The number of carbonyl (C=O) groups excluding carboxylic acids is 2.